The Hall–Kier alpha value is -1.55. The lowest BCUT2D eigenvalue weighted by molar-refractivity contribution is -0.142. The summed E-state index contributed by atoms with van der Waals surface area (Å²) in [6.45, 7) is 6.43. The number of hydrogen-bond donors (Lipinski definition) is 2. The summed E-state index contributed by atoms with van der Waals surface area (Å²) >= 11 is 0. The number of rotatable bonds is 8. The number of unbranched alkanes of at least 4 members (excludes halogenated alkanes) is 1. The molecule has 4 nitrogen and oxygen atoms in total. The van der Waals surface area contributed by atoms with E-state index in [1.54, 1.807) is 6.92 Å². The lowest BCUT2D eigenvalue weighted by Crippen LogP contribution is -2.44. The van der Waals surface area contributed by atoms with Crippen molar-refractivity contribution >= 4 is 5.97 Å². The van der Waals surface area contributed by atoms with Crippen LogP contribution in [0.25, 0.3) is 0 Å². The predicted molar refractivity (Wildman–Crippen MR) is 80.1 cm³/mol. The third-order valence-corrected chi connectivity index (χ3v) is 3.39. The number of hydrogen-bond acceptors (Lipinski definition) is 3. The van der Waals surface area contributed by atoms with Gasteiger partial charge in [-0.2, -0.15) is 0 Å². The summed E-state index contributed by atoms with van der Waals surface area (Å²) in [5, 5.41) is 8.89. The molecule has 0 heterocycles. The normalized spacial score (nSPS) is 14.1. The molecular formula is C16H25NO3. The van der Waals surface area contributed by atoms with Crippen molar-refractivity contribution in [3.05, 3.63) is 29.8 Å². The molecule has 3 N–H and O–H groups in total. The van der Waals surface area contributed by atoms with E-state index in [-0.39, 0.29) is 0 Å². The zero-order chi connectivity index (χ0) is 15.2. The van der Waals surface area contributed by atoms with Crippen LogP contribution in [0.2, 0.25) is 0 Å². The number of carbonyl (C=O) groups is 1. The fraction of sp³-hybridized carbons (Fsp3) is 0.562. The molecule has 0 aliphatic heterocycles. The van der Waals surface area contributed by atoms with Crippen molar-refractivity contribution in [3.8, 4) is 5.75 Å². The highest BCUT2D eigenvalue weighted by Crippen LogP contribution is 2.19. The molecule has 0 saturated heterocycles. The predicted octanol–water partition coefficient (Wildman–Crippen LogP) is 3.16. The first-order valence-electron chi connectivity index (χ1n) is 7.08. The summed E-state index contributed by atoms with van der Waals surface area (Å²) in [7, 11) is 0. The molecule has 0 fully saturated rings. The SMILES string of the molecule is CC(C)c1ccc(OCCCCC(C)(N)C(=O)O)cc1. The van der Waals surface area contributed by atoms with Gasteiger partial charge in [0.15, 0.2) is 0 Å². The van der Waals surface area contributed by atoms with Gasteiger partial charge in [0.1, 0.15) is 11.3 Å². The average molecular weight is 279 g/mol. The second kappa shape index (κ2) is 7.29. The summed E-state index contributed by atoms with van der Waals surface area (Å²) in [4.78, 5) is 10.8. The highest BCUT2D eigenvalue weighted by molar-refractivity contribution is 5.77. The summed E-state index contributed by atoms with van der Waals surface area (Å²) in [6.07, 6.45) is 1.99. The van der Waals surface area contributed by atoms with Crippen molar-refractivity contribution in [2.24, 2.45) is 5.73 Å². The van der Waals surface area contributed by atoms with E-state index in [0.29, 0.717) is 18.9 Å². The van der Waals surface area contributed by atoms with E-state index < -0.39 is 11.5 Å². The Morgan fingerprint density at radius 3 is 2.40 bits per heavy atom. The molecule has 0 aromatic heterocycles. The Morgan fingerprint density at radius 1 is 1.30 bits per heavy atom. The average Bonchev–Trinajstić information content (AvgIpc) is 2.38. The molecule has 0 spiro atoms. The van der Waals surface area contributed by atoms with Gasteiger partial charge in [-0.25, -0.2) is 0 Å². The molecule has 1 aromatic carbocycles. The molecule has 1 rings (SSSR count). The van der Waals surface area contributed by atoms with E-state index in [1.165, 1.54) is 5.56 Å². The minimum atomic E-state index is -1.14. The van der Waals surface area contributed by atoms with Gasteiger partial charge < -0.3 is 15.6 Å². The Kier molecular flexibility index (Phi) is 6.02. The Labute approximate surface area is 120 Å². The van der Waals surface area contributed by atoms with Crippen LogP contribution < -0.4 is 10.5 Å². The van der Waals surface area contributed by atoms with Gasteiger partial charge in [0.05, 0.1) is 6.61 Å². The van der Waals surface area contributed by atoms with Crippen LogP contribution in [0.15, 0.2) is 24.3 Å². The first kappa shape index (κ1) is 16.5. The van der Waals surface area contributed by atoms with Gasteiger partial charge in [-0.15, -0.1) is 0 Å². The van der Waals surface area contributed by atoms with Crippen molar-refractivity contribution in [2.45, 2.75) is 51.5 Å². The van der Waals surface area contributed by atoms with Crippen LogP contribution >= 0.6 is 0 Å². The van der Waals surface area contributed by atoms with E-state index in [9.17, 15) is 4.79 Å². The number of carboxylic acid groups (broad SMARTS) is 1. The number of ether oxygens (including phenoxy) is 1. The molecule has 1 atom stereocenters. The monoisotopic (exact) mass is 279 g/mol. The molecule has 0 radical (unpaired) electrons. The largest absolute Gasteiger partial charge is 0.494 e. The molecular weight excluding hydrogens is 254 g/mol. The van der Waals surface area contributed by atoms with Gasteiger partial charge in [0, 0.05) is 0 Å². The summed E-state index contributed by atoms with van der Waals surface area (Å²) in [5.41, 5.74) is 5.81. The molecule has 1 unspecified atom stereocenters. The van der Waals surface area contributed by atoms with Crippen molar-refractivity contribution in [2.75, 3.05) is 6.61 Å². The maximum Gasteiger partial charge on any atom is 0.323 e. The molecule has 0 bridgehead atoms. The second-order valence-corrected chi connectivity index (χ2v) is 5.75. The highest BCUT2D eigenvalue weighted by Gasteiger charge is 2.26. The maximum atomic E-state index is 10.8. The Morgan fingerprint density at radius 2 is 1.90 bits per heavy atom. The molecule has 20 heavy (non-hydrogen) atoms. The topological polar surface area (TPSA) is 72.5 Å². The molecule has 0 aliphatic rings. The zero-order valence-electron chi connectivity index (χ0n) is 12.6. The Balaban J connectivity index is 2.26. The van der Waals surface area contributed by atoms with Gasteiger partial charge in [-0.3, -0.25) is 4.79 Å². The van der Waals surface area contributed by atoms with Crippen molar-refractivity contribution in [3.63, 3.8) is 0 Å². The van der Waals surface area contributed by atoms with Crippen LogP contribution in [0.4, 0.5) is 0 Å². The van der Waals surface area contributed by atoms with Gasteiger partial charge in [-0.1, -0.05) is 26.0 Å². The van der Waals surface area contributed by atoms with Crippen molar-refractivity contribution in [1.29, 1.82) is 0 Å². The lowest BCUT2D eigenvalue weighted by Gasteiger charge is -2.18. The van der Waals surface area contributed by atoms with Crippen molar-refractivity contribution < 1.29 is 14.6 Å². The second-order valence-electron chi connectivity index (χ2n) is 5.75. The fourth-order valence-electron chi connectivity index (χ4n) is 1.84. The van der Waals surface area contributed by atoms with Gasteiger partial charge in [-0.05, 0) is 49.8 Å². The molecule has 0 aliphatic carbocycles. The first-order chi connectivity index (χ1) is 9.33. The van der Waals surface area contributed by atoms with Crippen LogP contribution in [0.3, 0.4) is 0 Å². The van der Waals surface area contributed by atoms with Crippen LogP contribution in [-0.4, -0.2) is 23.2 Å². The number of carboxylic acids is 1. The van der Waals surface area contributed by atoms with Crippen LogP contribution in [0.1, 0.15) is 51.5 Å². The quantitative estimate of drug-likeness (QED) is 0.717. The molecule has 1 aromatic rings. The number of aliphatic carboxylic acids is 1. The van der Waals surface area contributed by atoms with E-state index in [2.05, 4.69) is 26.0 Å². The zero-order valence-corrected chi connectivity index (χ0v) is 12.6. The standard InChI is InChI=1S/C16H25NO3/c1-12(2)13-6-8-14(9-7-13)20-11-5-4-10-16(3,17)15(18)19/h6-9,12H,4-5,10-11,17H2,1-3H3,(H,18,19). The van der Waals surface area contributed by atoms with E-state index in [1.807, 2.05) is 12.1 Å². The molecule has 0 saturated carbocycles. The van der Waals surface area contributed by atoms with Gasteiger partial charge >= 0.3 is 5.97 Å². The van der Waals surface area contributed by atoms with Crippen molar-refractivity contribution in [1.82, 2.24) is 0 Å². The summed E-state index contributed by atoms with van der Waals surface area (Å²) < 4.78 is 5.63. The third-order valence-electron chi connectivity index (χ3n) is 3.39. The first-order valence-corrected chi connectivity index (χ1v) is 7.08. The third kappa shape index (κ3) is 5.21. The molecule has 112 valence electrons. The fourth-order valence-corrected chi connectivity index (χ4v) is 1.84. The number of benzene rings is 1. The van der Waals surface area contributed by atoms with Gasteiger partial charge in [0.2, 0.25) is 0 Å². The van der Waals surface area contributed by atoms with Crippen LogP contribution in [-0.2, 0) is 4.79 Å². The minimum Gasteiger partial charge on any atom is -0.494 e. The molecule has 4 heteroatoms. The smallest absolute Gasteiger partial charge is 0.323 e. The van der Waals surface area contributed by atoms with Crippen LogP contribution in [0, 0.1) is 0 Å². The minimum absolute atomic E-state index is 0.456. The van der Waals surface area contributed by atoms with E-state index in [0.717, 1.165) is 18.6 Å². The van der Waals surface area contributed by atoms with Crippen LogP contribution in [0.5, 0.6) is 5.75 Å². The van der Waals surface area contributed by atoms with E-state index >= 15 is 0 Å². The van der Waals surface area contributed by atoms with Gasteiger partial charge in [0.25, 0.3) is 0 Å². The highest BCUT2D eigenvalue weighted by atomic mass is 16.5. The Bertz CT molecular complexity index is 424. The van der Waals surface area contributed by atoms with E-state index in [4.69, 9.17) is 15.6 Å². The number of nitrogens with two attached hydrogens (primary N) is 1. The molecule has 0 amide bonds. The summed E-state index contributed by atoms with van der Waals surface area (Å²) in [6, 6.07) is 8.09. The lowest BCUT2D eigenvalue weighted by atomic mass is 9.97. The summed E-state index contributed by atoms with van der Waals surface area (Å²) in [5.74, 6) is 0.410. The maximum absolute atomic E-state index is 10.8.